The Morgan fingerprint density at radius 1 is 1.41 bits per heavy atom. The van der Waals surface area contributed by atoms with Gasteiger partial charge in [-0.25, -0.2) is 4.98 Å². The summed E-state index contributed by atoms with van der Waals surface area (Å²) in [5.74, 6) is 0.257. The SMILES string of the molecule is CC(CO)C(C)NCc1cn2ccccc2n1. The average molecular weight is 233 g/mol. The van der Waals surface area contributed by atoms with Gasteiger partial charge in [0.05, 0.1) is 5.69 Å². The van der Waals surface area contributed by atoms with E-state index < -0.39 is 0 Å². The van der Waals surface area contributed by atoms with Crippen LogP contribution in [0.15, 0.2) is 30.6 Å². The average Bonchev–Trinajstić information content (AvgIpc) is 2.77. The Bertz CT molecular complexity index is 447. The monoisotopic (exact) mass is 233 g/mol. The molecule has 0 aromatic carbocycles. The van der Waals surface area contributed by atoms with Crippen molar-refractivity contribution in [3.8, 4) is 0 Å². The van der Waals surface area contributed by atoms with Crippen molar-refractivity contribution in [2.75, 3.05) is 6.61 Å². The molecule has 2 aromatic heterocycles. The second kappa shape index (κ2) is 5.29. The first-order chi connectivity index (χ1) is 8.20. The molecule has 0 spiro atoms. The van der Waals surface area contributed by atoms with Gasteiger partial charge in [0, 0.05) is 31.6 Å². The number of aromatic nitrogens is 2. The third kappa shape index (κ3) is 2.84. The number of aliphatic hydroxyl groups excluding tert-OH is 1. The van der Waals surface area contributed by atoms with E-state index in [0.717, 1.165) is 17.9 Å². The number of aliphatic hydroxyl groups is 1. The lowest BCUT2D eigenvalue weighted by Crippen LogP contribution is -2.33. The highest BCUT2D eigenvalue weighted by Gasteiger charge is 2.10. The van der Waals surface area contributed by atoms with Crippen molar-refractivity contribution in [1.82, 2.24) is 14.7 Å². The Balaban J connectivity index is 1.99. The molecule has 2 rings (SSSR count). The highest BCUT2D eigenvalue weighted by atomic mass is 16.3. The van der Waals surface area contributed by atoms with Gasteiger partial charge in [0.15, 0.2) is 0 Å². The van der Waals surface area contributed by atoms with Gasteiger partial charge < -0.3 is 14.8 Å². The maximum atomic E-state index is 9.06. The summed E-state index contributed by atoms with van der Waals surface area (Å²) in [5.41, 5.74) is 1.99. The Labute approximate surface area is 101 Å². The minimum absolute atomic E-state index is 0.208. The minimum atomic E-state index is 0.208. The van der Waals surface area contributed by atoms with Crippen LogP contribution in [0.3, 0.4) is 0 Å². The van der Waals surface area contributed by atoms with E-state index in [4.69, 9.17) is 5.11 Å². The molecule has 0 aliphatic heterocycles. The molecule has 0 saturated heterocycles. The van der Waals surface area contributed by atoms with Gasteiger partial charge >= 0.3 is 0 Å². The molecule has 0 amide bonds. The second-order valence-corrected chi connectivity index (χ2v) is 4.53. The van der Waals surface area contributed by atoms with Crippen LogP contribution in [0.1, 0.15) is 19.5 Å². The van der Waals surface area contributed by atoms with E-state index in [2.05, 4.69) is 17.2 Å². The second-order valence-electron chi connectivity index (χ2n) is 4.53. The maximum absolute atomic E-state index is 9.06. The Kier molecular flexibility index (Phi) is 3.76. The topological polar surface area (TPSA) is 49.6 Å². The van der Waals surface area contributed by atoms with Gasteiger partial charge in [-0.1, -0.05) is 13.0 Å². The molecule has 2 atom stereocenters. The van der Waals surface area contributed by atoms with Crippen molar-refractivity contribution in [3.05, 3.63) is 36.3 Å². The number of imidazole rings is 1. The van der Waals surface area contributed by atoms with Gasteiger partial charge in [-0.05, 0) is 25.0 Å². The molecule has 0 fully saturated rings. The molecule has 0 radical (unpaired) electrons. The first-order valence-electron chi connectivity index (χ1n) is 5.97. The summed E-state index contributed by atoms with van der Waals surface area (Å²) >= 11 is 0. The van der Waals surface area contributed by atoms with Crippen molar-refractivity contribution in [3.63, 3.8) is 0 Å². The van der Waals surface area contributed by atoms with Crippen LogP contribution in [0.2, 0.25) is 0 Å². The van der Waals surface area contributed by atoms with Crippen LogP contribution in [0.5, 0.6) is 0 Å². The van der Waals surface area contributed by atoms with E-state index in [0.29, 0.717) is 0 Å². The van der Waals surface area contributed by atoms with E-state index in [1.165, 1.54) is 0 Å². The van der Waals surface area contributed by atoms with Crippen LogP contribution < -0.4 is 5.32 Å². The quantitative estimate of drug-likeness (QED) is 0.821. The largest absolute Gasteiger partial charge is 0.396 e. The molecule has 2 heterocycles. The van der Waals surface area contributed by atoms with Crippen LogP contribution in [0.4, 0.5) is 0 Å². The van der Waals surface area contributed by atoms with E-state index in [9.17, 15) is 0 Å². The highest BCUT2D eigenvalue weighted by molar-refractivity contribution is 5.39. The molecule has 2 N–H and O–H groups in total. The van der Waals surface area contributed by atoms with Crippen LogP contribution in [-0.4, -0.2) is 27.1 Å². The molecular weight excluding hydrogens is 214 g/mol. The van der Waals surface area contributed by atoms with Crippen molar-refractivity contribution < 1.29 is 5.11 Å². The predicted molar refractivity (Wildman–Crippen MR) is 67.7 cm³/mol. The standard InChI is InChI=1S/C13H19N3O/c1-10(9-17)11(2)14-7-12-8-16-6-4-3-5-13(16)15-12/h3-6,8,10-11,14,17H,7,9H2,1-2H3. The lowest BCUT2D eigenvalue weighted by atomic mass is 10.1. The zero-order chi connectivity index (χ0) is 12.3. The minimum Gasteiger partial charge on any atom is -0.396 e. The van der Waals surface area contributed by atoms with Gasteiger partial charge in [0.2, 0.25) is 0 Å². The summed E-state index contributed by atoms with van der Waals surface area (Å²) < 4.78 is 2.01. The number of nitrogens with one attached hydrogen (secondary N) is 1. The molecule has 17 heavy (non-hydrogen) atoms. The number of fused-ring (bicyclic) bond motifs is 1. The Morgan fingerprint density at radius 2 is 2.24 bits per heavy atom. The normalized spacial score (nSPS) is 15.0. The summed E-state index contributed by atoms with van der Waals surface area (Å²) in [7, 11) is 0. The van der Waals surface area contributed by atoms with Gasteiger partial charge in [-0.15, -0.1) is 0 Å². The van der Waals surface area contributed by atoms with Gasteiger partial charge in [-0.2, -0.15) is 0 Å². The zero-order valence-corrected chi connectivity index (χ0v) is 10.3. The molecule has 0 aliphatic rings. The zero-order valence-electron chi connectivity index (χ0n) is 10.3. The van der Waals surface area contributed by atoms with Crippen molar-refractivity contribution in [1.29, 1.82) is 0 Å². The fourth-order valence-electron chi connectivity index (χ4n) is 1.70. The molecule has 2 unspecified atom stereocenters. The molecule has 0 aliphatic carbocycles. The Morgan fingerprint density at radius 3 is 2.94 bits per heavy atom. The van der Waals surface area contributed by atoms with Crippen molar-refractivity contribution in [2.45, 2.75) is 26.4 Å². The third-order valence-electron chi connectivity index (χ3n) is 3.16. The van der Waals surface area contributed by atoms with Crippen LogP contribution in [-0.2, 0) is 6.54 Å². The smallest absolute Gasteiger partial charge is 0.137 e. The maximum Gasteiger partial charge on any atom is 0.137 e. The van der Waals surface area contributed by atoms with Crippen molar-refractivity contribution in [2.24, 2.45) is 5.92 Å². The van der Waals surface area contributed by atoms with Gasteiger partial charge in [-0.3, -0.25) is 0 Å². The lowest BCUT2D eigenvalue weighted by molar-refractivity contribution is 0.207. The number of hydrogen-bond donors (Lipinski definition) is 2. The molecule has 2 aromatic rings. The van der Waals surface area contributed by atoms with Gasteiger partial charge in [0.25, 0.3) is 0 Å². The fraction of sp³-hybridized carbons (Fsp3) is 0.462. The van der Waals surface area contributed by atoms with E-state index in [-0.39, 0.29) is 18.6 Å². The van der Waals surface area contributed by atoms with Crippen LogP contribution >= 0.6 is 0 Å². The predicted octanol–water partition coefficient (Wildman–Crippen LogP) is 1.44. The summed E-state index contributed by atoms with van der Waals surface area (Å²) in [6.45, 7) is 5.05. The molecule has 92 valence electrons. The number of nitrogens with zero attached hydrogens (tertiary/aromatic N) is 2. The summed E-state index contributed by atoms with van der Waals surface area (Å²) in [4.78, 5) is 4.51. The summed E-state index contributed by atoms with van der Waals surface area (Å²) in [6.07, 6.45) is 4.02. The molecule has 0 bridgehead atoms. The molecule has 0 saturated carbocycles. The highest BCUT2D eigenvalue weighted by Crippen LogP contribution is 2.06. The van der Waals surface area contributed by atoms with E-state index in [1.54, 1.807) is 0 Å². The first kappa shape index (κ1) is 12.1. The van der Waals surface area contributed by atoms with Crippen LogP contribution in [0, 0.1) is 5.92 Å². The van der Waals surface area contributed by atoms with E-state index in [1.807, 2.05) is 41.9 Å². The van der Waals surface area contributed by atoms with Gasteiger partial charge in [0.1, 0.15) is 5.65 Å². The summed E-state index contributed by atoms with van der Waals surface area (Å²) in [5, 5.41) is 12.4. The molecular formula is C13H19N3O. The third-order valence-corrected chi connectivity index (χ3v) is 3.16. The first-order valence-corrected chi connectivity index (χ1v) is 5.97. The number of pyridine rings is 1. The number of hydrogen-bond acceptors (Lipinski definition) is 3. The molecule has 4 nitrogen and oxygen atoms in total. The fourth-order valence-corrected chi connectivity index (χ4v) is 1.70. The lowest BCUT2D eigenvalue weighted by Gasteiger charge is -2.18. The van der Waals surface area contributed by atoms with E-state index >= 15 is 0 Å². The summed E-state index contributed by atoms with van der Waals surface area (Å²) in [6, 6.07) is 6.24. The molecule has 4 heteroatoms. The van der Waals surface area contributed by atoms with Crippen molar-refractivity contribution >= 4 is 5.65 Å². The number of rotatable bonds is 5. The Hall–Kier alpha value is -1.39. The van der Waals surface area contributed by atoms with Crippen LogP contribution in [0.25, 0.3) is 5.65 Å².